The van der Waals surface area contributed by atoms with E-state index >= 15 is 0 Å². The van der Waals surface area contributed by atoms with Crippen molar-refractivity contribution in [1.29, 1.82) is 0 Å². The molecule has 0 saturated carbocycles. The van der Waals surface area contributed by atoms with Gasteiger partial charge in [0.1, 0.15) is 5.75 Å². The Kier molecular flexibility index (Phi) is 4.85. The predicted molar refractivity (Wildman–Crippen MR) is 115 cm³/mol. The van der Waals surface area contributed by atoms with Crippen LogP contribution < -0.4 is 15.0 Å². The number of nitrogens with zero attached hydrogens (tertiary/aromatic N) is 2. The van der Waals surface area contributed by atoms with Gasteiger partial charge in [0.2, 0.25) is 0 Å². The Balaban J connectivity index is 1.32. The van der Waals surface area contributed by atoms with Crippen LogP contribution in [0.5, 0.6) is 5.75 Å². The van der Waals surface area contributed by atoms with Gasteiger partial charge in [-0.1, -0.05) is 11.3 Å². The minimum Gasteiger partial charge on any atom is -0.493 e. The van der Waals surface area contributed by atoms with Crippen LogP contribution in [0.4, 0.5) is 10.8 Å². The van der Waals surface area contributed by atoms with Crippen LogP contribution in [0.15, 0.2) is 36.4 Å². The fourth-order valence-electron chi connectivity index (χ4n) is 3.94. The van der Waals surface area contributed by atoms with E-state index in [1.807, 2.05) is 36.4 Å². The average Bonchev–Trinajstić information content (AvgIpc) is 3.39. The van der Waals surface area contributed by atoms with Crippen LogP contribution in [-0.2, 0) is 11.2 Å². The number of hydrogen-bond acceptors (Lipinski definition) is 6. The number of methoxy groups -OCH3 is 1. The van der Waals surface area contributed by atoms with Crippen molar-refractivity contribution in [2.75, 3.05) is 37.0 Å². The predicted octanol–water partition coefficient (Wildman–Crippen LogP) is 4.10. The van der Waals surface area contributed by atoms with Gasteiger partial charge in [0.05, 0.1) is 22.9 Å². The Morgan fingerprint density at radius 2 is 2.10 bits per heavy atom. The molecular formula is C22H23N3O3S. The highest BCUT2D eigenvalue weighted by Crippen LogP contribution is 2.32. The maximum atomic E-state index is 12.7. The molecule has 5 rings (SSSR count). The fraction of sp³-hybridized carbons (Fsp3) is 0.364. The third-order valence-corrected chi connectivity index (χ3v) is 6.73. The second-order valence-corrected chi connectivity index (χ2v) is 8.49. The van der Waals surface area contributed by atoms with Crippen molar-refractivity contribution in [2.45, 2.75) is 25.4 Å². The van der Waals surface area contributed by atoms with E-state index in [-0.39, 0.29) is 5.91 Å². The summed E-state index contributed by atoms with van der Waals surface area (Å²) in [5.41, 5.74) is 3.41. The van der Waals surface area contributed by atoms with Crippen LogP contribution >= 0.6 is 11.3 Å². The Morgan fingerprint density at radius 1 is 1.24 bits per heavy atom. The van der Waals surface area contributed by atoms with E-state index in [2.05, 4.69) is 10.2 Å². The van der Waals surface area contributed by atoms with Gasteiger partial charge in [0.15, 0.2) is 5.13 Å². The summed E-state index contributed by atoms with van der Waals surface area (Å²) in [6, 6.07) is 11.5. The number of aromatic nitrogens is 1. The molecule has 3 aromatic rings. The Labute approximate surface area is 173 Å². The first kappa shape index (κ1) is 18.4. The zero-order valence-corrected chi connectivity index (χ0v) is 17.1. The number of benzene rings is 2. The number of ether oxygens (including phenoxy) is 2. The molecule has 1 saturated heterocycles. The number of fused-ring (bicyclic) bond motifs is 2. The lowest BCUT2D eigenvalue weighted by molar-refractivity contribution is 0.0819. The Hall–Kier alpha value is -2.64. The SMILES string of the molecule is COC1CCN(c2nc3cc(C(=O)Nc4ccc5c(c4)CCO5)ccc3s2)CC1. The number of anilines is 2. The third kappa shape index (κ3) is 3.68. The van der Waals surface area contributed by atoms with Crippen molar-refractivity contribution in [2.24, 2.45) is 0 Å². The molecule has 1 fully saturated rings. The second-order valence-electron chi connectivity index (χ2n) is 7.48. The number of nitrogens with one attached hydrogen (secondary N) is 1. The molecule has 0 bridgehead atoms. The van der Waals surface area contributed by atoms with Crippen molar-refractivity contribution < 1.29 is 14.3 Å². The lowest BCUT2D eigenvalue weighted by Crippen LogP contribution is -2.36. The number of amides is 1. The summed E-state index contributed by atoms with van der Waals surface area (Å²) >= 11 is 1.68. The minimum atomic E-state index is -0.124. The maximum absolute atomic E-state index is 12.7. The fourth-order valence-corrected chi connectivity index (χ4v) is 4.94. The van der Waals surface area contributed by atoms with Gasteiger partial charge in [-0.3, -0.25) is 4.79 Å². The zero-order chi connectivity index (χ0) is 19.8. The lowest BCUT2D eigenvalue weighted by Gasteiger charge is -2.30. The second kappa shape index (κ2) is 7.65. The monoisotopic (exact) mass is 409 g/mol. The van der Waals surface area contributed by atoms with E-state index in [4.69, 9.17) is 14.5 Å². The van der Waals surface area contributed by atoms with E-state index in [1.165, 1.54) is 0 Å². The molecule has 0 spiro atoms. The first-order valence-electron chi connectivity index (χ1n) is 9.95. The molecule has 0 aliphatic carbocycles. The van der Waals surface area contributed by atoms with Crippen LogP contribution in [0, 0.1) is 0 Å². The van der Waals surface area contributed by atoms with E-state index in [0.717, 1.165) is 64.7 Å². The highest BCUT2D eigenvalue weighted by molar-refractivity contribution is 7.22. The molecule has 1 amide bonds. The standard InChI is InChI=1S/C22H23N3O3S/c1-27-17-6-9-25(10-7-17)22-24-18-13-15(2-5-20(18)29-22)21(26)23-16-3-4-19-14(12-16)8-11-28-19/h2-5,12-13,17H,6-11H2,1H3,(H,23,26). The number of thiazole rings is 1. The van der Waals surface area contributed by atoms with Gasteiger partial charge in [0, 0.05) is 37.9 Å². The number of carbonyl (C=O) groups is 1. The van der Waals surface area contributed by atoms with Crippen molar-refractivity contribution >= 4 is 38.3 Å². The highest BCUT2D eigenvalue weighted by atomic mass is 32.1. The summed E-state index contributed by atoms with van der Waals surface area (Å²) in [7, 11) is 1.78. The zero-order valence-electron chi connectivity index (χ0n) is 16.3. The highest BCUT2D eigenvalue weighted by Gasteiger charge is 2.21. The normalized spacial score (nSPS) is 16.7. The maximum Gasteiger partial charge on any atom is 0.255 e. The van der Waals surface area contributed by atoms with Crippen molar-refractivity contribution in [1.82, 2.24) is 4.98 Å². The van der Waals surface area contributed by atoms with Crippen molar-refractivity contribution in [3.63, 3.8) is 0 Å². The average molecular weight is 410 g/mol. The summed E-state index contributed by atoms with van der Waals surface area (Å²) in [6.45, 7) is 2.61. The molecule has 29 heavy (non-hydrogen) atoms. The molecule has 0 radical (unpaired) electrons. The molecule has 1 N–H and O–H groups in total. The topological polar surface area (TPSA) is 63.7 Å². The molecule has 2 aliphatic heterocycles. The smallest absolute Gasteiger partial charge is 0.255 e. The molecule has 0 unspecified atom stereocenters. The largest absolute Gasteiger partial charge is 0.493 e. The lowest BCUT2D eigenvalue weighted by atomic mass is 10.1. The van der Waals surface area contributed by atoms with E-state index in [0.29, 0.717) is 18.3 Å². The van der Waals surface area contributed by atoms with Gasteiger partial charge >= 0.3 is 0 Å². The quantitative estimate of drug-likeness (QED) is 0.703. The summed E-state index contributed by atoms with van der Waals surface area (Å²) in [5.74, 6) is 0.787. The van der Waals surface area contributed by atoms with Gasteiger partial charge in [-0.2, -0.15) is 0 Å². The first-order valence-corrected chi connectivity index (χ1v) is 10.8. The summed E-state index contributed by atoms with van der Waals surface area (Å²) in [5, 5.41) is 4.01. The number of carbonyl (C=O) groups excluding carboxylic acids is 1. The molecule has 1 aromatic heterocycles. The molecule has 7 heteroatoms. The van der Waals surface area contributed by atoms with Crippen LogP contribution in [-0.4, -0.2) is 43.8 Å². The van der Waals surface area contributed by atoms with E-state index < -0.39 is 0 Å². The number of hydrogen-bond donors (Lipinski definition) is 1. The third-order valence-electron chi connectivity index (χ3n) is 5.63. The molecule has 2 aliphatic rings. The Bertz CT molecular complexity index is 1060. The summed E-state index contributed by atoms with van der Waals surface area (Å²) in [4.78, 5) is 19.8. The van der Waals surface area contributed by atoms with Gasteiger partial charge in [-0.05, 0) is 54.8 Å². The van der Waals surface area contributed by atoms with Crippen LogP contribution in [0.1, 0.15) is 28.8 Å². The van der Waals surface area contributed by atoms with Crippen LogP contribution in [0.3, 0.4) is 0 Å². The van der Waals surface area contributed by atoms with Gasteiger partial charge in [0.25, 0.3) is 5.91 Å². The molecular weight excluding hydrogens is 386 g/mol. The first-order chi connectivity index (χ1) is 14.2. The number of piperidine rings is 1. The van der Waals surface area contributed by atoms with E-state index in [9.17, 15) is 4.79 Å². The molecule has 3 heterocycles. The summed E-state index contributed by atoms with van der Waals surface area (Å²) < 4.78 is 12.1. The van der Waals surface area contributed by atoms with Crippen LogP contribution in [0.25, 0.3) is 10.2 Å². The number of rotatable bonds is 4. The molecule has 0 atom stereocenters. The van der Waals surface area contributed by atoms with E-state index in [1.54, 1.807) is 18.4 Å². The van der Waals surface area contributed by atoms with Gasteiger partial charge in [-0.25, -0.2) is 4.98 Å². The van der Waals surface area contributed by atoms with Gasteiger partial charge in [-0.15, -0.1) is 0 Å². The molecule has 2 aromatic carbocycles. The summed E-state index contributed by atoms with van der Waals surface area (Å²) in [6.07, 6.45) is 3.27. The van der Waals surface area contributed by atoms with Crippen LogP contribution in [0.2, 0.25) is 0 Å². The minimum absolute atomic E-state index is 0.124. The Morgan fingerprint density at radius 3 is 2.93 bits per heavy atom. The van der Waals surface area contributed by atoms with Crippen molar-refractivity contribution in [3.8, 4) is 5.75 Å². The van der Waals surface area contributed by atoms with Gasteiger partial charge < -0.3 is 19.7 Å². The molecule has 150 valence electrons. The molecule has 6 nitrogen and oxygen atoms in total. The van der Waals surface area contributed by atoms with Crippen molar-refractivity contribution in [3.05, 3.63) is 47.5 Å².